The number of carbonyl (C=O) groups excluding carboxylic acids is 1. The first-order valence-corrected chi connectivity index (χ1v) is 13.4. The van der Waals surface area contributed by atoms with Crippen molar-refractivity contribution in [3.63, 3.8) is 0 Å². The summed E-state index contributed by atoms with van der Waals surface area (Å²) >= 11 is 0. The fourth-order valence-electron chi connectivity index (χ4n) is 4.12. The van der Waals surface area contributed by atoms with Crippen molar-refractivity contribution < 1.29 is 28.2 Å². The van der Waals surface area contributed by atoms with E-state index in [1.54, 1.807) is 53.7 Å². The number of hydrogen-bond acceptors (Lipinski definition) is 9. The number of benzene rings is 2. The minimum atomic E-state index is -4.11. The number of carboxylic acids is 1. The van der Waals surface area contributed by atoms with Gasteiger partial charge in [0.25, 0.3) is 5.91 Å². The van der Waals surface area contributed by atoms with E-state index in [1.807, 2.05) is 0 Å². The maximum absolute atomic E-state index is 12.9. The van der Waals surface area contributed by atoms with Crippen molar-refractivity contribution in [2.75, 3.05) is 23.3 Å². The van der Waals surface area contributed by atoms with E-state index in [9.17, 15) is 28.2 Å². The maximum Gasteiger partial charge on any atom is 0.323 e. The summed E-state index contributed by atoms with van der Waals surface area (Å²) < 4.78 is 27.2. The fourth-order valence-corrected chi connectivity index (χ4v) is 5.33. The van der Waals surface area contributed by atoms with Gasteiger partial charge >= 0.3 is 5.97 Å². The van der Waals surface area contributed by atoms with Gasteiger partial charge in [0.1, 0.15) is 6.04 Å². The molecule has 1 saturated heterocycles. The Morgan fingerprint density at radius 3 is 2.47 bits per heavy atom. The number of nitrogens with zero attached hydrogens (tertiary/aromatic N) is 3. The summed E-state index contributed by atoms with van der Waals surface area (Å²) in [5, 5.41) is 26.4. The van der Waals surface area contributed by atoms with Crippen LogP contribution in [0.4, 0.5) is 11.6 Å². The molecular weight excluding hydrogens is 512 g/mol. The highest BCUT2D eigenvalue weighted by atomic mass is 32.2. The van der Waals surface area contributed by atoms with E-state index in [2.05, 4.69) is 25.3 Å². The van der Waals surface area contributed by atoms with E-state index in [1.165, 1.54) is 24.3 Å². The first kappa shape index (κ1) is 27.0. The smallest absolute Gasteiger partial charge is 0.323 e. The number of amides is 1. The molecule has 13 heteroatoms. The summed E-state index contributed by atoms with van der Waals surface area (Å²) in [7, 11) is -4.11. The van der Waals surface area contributed by atoms with Gasteiger partial charge in [0.2, 0.25) is 21.8 Å². The molecule has 1 aliphatic rings. The highest BCUT2D eigenvalue weighted by Crippen LogP contribution is 2.32. The van der Waals surface area contributed by atoms with Crippen LogP contribution in [0.3, 0.4) is 0 Å². The fraction of sp³-hybridized carbons (Fsp3) is 0.280. The summed E-state index contributed by atoms with van der Waals surface area (Å²) in [6.07, 6.45) is 5.09. The van der Waals surface area contributed by atoms with Crippen LogP contribution in [0.1, 0.15) is 29.6 Å². The molecule has 2 unspecified atom stereocenters. The van der Waals surface area contributed by atoms with Crippen LogP contribution >= 0.6 is 0 Å². The van der Waals surface area contributed by atoms with Crippen LogP contribution in [0, 0.1) is 0 Å². The number of carboxylic acid groups (broad SMARTS) is 1. The van der Waals surface area contributed by atoms with Crippen LogP contribution in [-0.2, 0) is 14.8 Å². The Labute approximate surface area is 219 Å². The molecule has 5 N–H and O–H groups in total. The highest BCUT2D eigenvalue weighted by Gasteiger charge is 2.38. The molecule has 4 rings (SSSR count). The minimum absolute atomic E-state index is 0.0891. The van der Waals surface area contributed by atoms with E-state index in [-0.39, 0.29) is 16.4 Å². The summed E-state index contributed by atoms with van der Waals surface area (Å²) in [4.78, 5) is 34.5. The number of aliphatic hydroxyl groups is 1. The maximum atomic E-state index is 12.9. The van der Waals surface area contributed by atoms with Gasteiger partial charge in [-0.15, -0.1) is 0 Å². The first-order chi connectivity index (χ1) is 18.2. The third kappa shape index (κ3) is 6.43. The lowest BCUT2D eigenvalue weighted by molar-refractivity contribution is -0.138. The molecule has 1 fully saturated rings. The van der Waals surface area contributed by atoms with Crippen LogP contribution in [-0.4, -0.2) is 65.5 Å². The molecule has 12 nitrogen and oxygen atoms in total. The molecule has 3 aromatic rings. The first-order valence-electron chi connectivity index (χ1n) is 11.9. The van der Waals surface area contributed by atoms with Crippen molar-refractivity contribution in [1.82, 2.24) is 20.0 Å². The second-order valence-corrected chi connectivity index (χ2v) is 10.4. The lowest BCUT2D eigenvalue weighted by atomic mass is 10.0. The largest absolute Gasteiger partial charge is 0.480 e. The quantitative estimate of drug-likeness (QED) is 0.236. The van der Waals surface area contributed by atoms with Crippen molar-refractivity contribution in [2.24, 2.45) is 0 Å². The molecule has 2 aromatic carbocycles. The third-order valence-electron chi connectivity index (χ3n) is 6.02. The Morgan fingerprint density at radius 1 is 1.03 bits per heavy atom. The van der Waals surface area contributed by atoms with Gasteiger partial charge in [0.15, 0.2) is 0 Å². The number of hydrogen-bond donors (Lipinski definition) is 5. The predicted molar refractivity (Wildman–Crippen MR) is 139 cm³/mol. The van der Waals surface area contributed by atoms with E-state index in [4.69, 9.17) is 0 Å². The Bertz CT molecular complexity index is 1380. The molecular formula is C25H28N6O6S. The zero-order valence-electron chi connectivity index (χ0n) is 20.3. The molecule has 200 valence electrons. The molecule has 0 bridgehead atoms. The molecule has 0 aliphatic carbocycles. The average molecular weight is 541 g/mol. The number of anilines is 2. The van der Waals surface area contributed by atoms with E-state index < -0.39 is 40.3 Å². The summed E-state index contributed by atoms with van der Waals surface area (Å²) in [5.74, 6) is -3.27. The van der Waals surface area contributed by atoms with E-state index in [0.29, 0.717) is 18.7 Å². The summed E-state index contributed by atoms with van der Waals surface area (Å²) in [6.45, 7) is 0.0226. The van der Waals surface area contributed by atoms with Gasteiger partial charge in [-0.25, -0.2) is 18.4 Å². The Balaban J connectivity index is 1.46. The molecule has 38 heavy (non-hydrogen) atoms. The van der Waals surface area contributed by atoms with Gasteiger partial charge in [0, 0.05) is 43.2 Å². The van der Waals surface area contributed by atoms with Crippen molar-refractivity contribution in [3.05, 3.63) is 78.6 Å². The number of aromatic nitrogens is 2. The molecule has 0 spiro atoms. The van der Waals surface area contributed by atoms with Crippen molar-refractivity contribution >= 4 is 33.5 Å². The summed E-state index contributed by atoms with van der Waals surface area (Å²) in [6, 6.07) is 13.9. The SMILES string of the molecule is O=C(NCC(NS(=O)(=O)c1ccccc1)C(=O)O)c1cccc(N2CCCCC2(O)Nc2ncccn2)c1. The Morgan fingerprint density at radius 2 is 1.76 bits per heavy atom. The lowest BCUT2D eigenvalue weighted by Crippen LogP contribution is -2.58. The third-order valence-corrected chi connectivity index (χ3v) is 7.50. The molecule has 0 saturated carbocycles. The van der Waals surface area contributed by atoms with E-state index >= 15 is 0 Å². The van der Waals surface area contributed by atoms with Crippen molar-refractivity contribution in [2.45, 2.75) is 36.0 Å². The number of sulfonamides is 1. The topological polar surface area (TPSA) is 174 Å². The standard InChI is InChI=1S/C25H28N6O6S/c32-22(28-17-21(23(33)34)30-38(36,37)20-10-2-1-3-11-20)18-8-6-9-19(16-18)31-15-5-4-12-25(31,35)29-24-26-13-7-14-27-24/h1-3,6-11,13-14,16,21,30,35H,4-5,12,15,17H2,(H,28,32)(H,33,34)(H,26,27,29). The van der Waals surface area contributed by atoms with Gasteiger partial charge in [-0.1, -0.05) is 24.3 Å². The molecule has 2 atom stereocenters. The average Bonchev–Trinajstić information content (AvgIpc) is 2.92. The zero-order chi connectivity index (χ0) is 27.2. The van der Waals surface area contributed by atoms with Gasteiger partial charge < -0.3 is 25.7 Å². The predicted octanol–water partition coefficient (Wildman–Crippen LogP) is 1.39. The monoisotopic (exact) mass is 540 g/mol. The number of carbonyl (C=O) groups is 2. The number of nitrogens with one attached hydrogen (secondary N) is 3. The summed E-state index contributed by atoms with van der Waals surface area (Å²) in [5.41, 5.74) is 0.768. The Kier molecular flexibility index (Phi) is 8.20. The van der Waals surface area contributed by atoms with Gasteiger partial charge in [-0.3, -0.25) is 9.59 Å². The van der Waals surface area contributed by atoms with Gasteiger partial charge in [-0.2, -0.15) is 4.72 Å². The normalized spacial score (nSPS) is 18.4. The highest BCUT2D eigenvalue weighted by molar-refractivity contribution is 7.89. The molecule has 2 heterocycles. The van der Waals surface area contributed by atoms with Crippen molar-refractivity contribution in [1.29, 1.82) is 0 Å². The van der Waals surface area contributed by atoms with Crippen molar-refractivity contribution in [3.8, 4) is 0 Å². The number of rotatable bonds is 10. The van der Waals surface area contributed by atoms with Crippen LogP contribution in [0.2, 0.25) is 0 Å². The second-order valence-electron chi connectivity index (χ2n) is 8.71. The molecule has 1 aromatic heterocycles. The minimum Gasteiger partial charge on any atom is -0.480 e. The lowest BCUT2D eigenvalue weighted by Gasteiger charge is -2.44. The molecule has 0 radical (unpaired) electrons. The molecule has 1 aliphatic heterocycles. The number of aliphatic carboxylic acids is 1. The van der Waals surface area contributed by atoms with Crippen LogP contribution < -0.4 is 20.3 Å². The van der Waals surface area contributed by atoms with Gasteiger partial charge in [-0.05, 0) is 49.2 Å². The van der Waals surface area contributed by atoms with Crippen LogP contribution in [0.5, 0.6) is 0 Å². The van der Waals surface area contributed by atoms with Gasteiger partial charge in [0.05, 0.1) is 4.90 Å². The second kappa shape index (κ2) is 11.5. The molecule has 1 amide bonds. The van der Waals surface area contributed by atoms with Crippen LogP contribution in [0.25, 0.3) is 0 Å². The van der Waals surface area contributed by atoms with E-state index in [0.717, 1.165) is 12.8 Å². The number of piperidine rings is 1. The Hall–Kier alpha value is -4.07. The van der Waals surface area contributed by atoms with Crippen LogP contribution in [0.15, 0.2) is 78.0 Å². The zero-order valence-corrected chi connectivity index (χ0v) is 21.1.